The van der Waals surface area contributed by atoms with E-state index in [1.807, 2.05) is 188 Å². The predicted molar refractivity (Wildman–Crippen MR) is 541 cm³/mol. The third kappa shape index (κ3) is 32.0. The molecule has 29 nitrogen and oxygen atoms in total. The number of carbonyl (C=O) groups is 11. The first kappa shape index (κ1) is 106. The highest BCUT2D eigenvalue weighted by molar-refractivity contribution is 6.00. The van der Waals surface area contributed by atoms with Crippen molar-refractivity contribution in [1.29, 1.82) is 0 Å². The summed E-state index contributed by atoms with van der Waals surface area (Å²) in [7, 11) is 0. The predicted octanol–water partition coefficient (Wildman–Crippen LogP) is 16.4. The molecule has 14 rings (SSSR count). The van der Waals surface area contributed by atoms with Crippen LogP contribution in [0.15, 0.2) is 315 Å². The number of rotatable bonds is 37. The van der Waals surface area contributed by atoms with Crippen LogP contribution in [-0.2, 0) is 84.5 Å². The number of phenols is 4. The summed E-state index contributed by atoms with van der Waals surface area (Å²) in [4.78, 5) is 140. The van der Waals surface area contributed by atoms with Crippen molar-refractivity contribution >= 4 is 88.0 Å². The van der Waals surface area contributed by atoms with Crippen molar-refractivity contribution in [1.82, 2.24) is 20.4 Å². The largest absolute Gasteiger partial charge is 0.508 e. The van der Waals surface area contributed by atoms with Crippen LogP contribution in [0, 0.1) is 0 Å². The summed E-state index contributed by atoms with van der Waals surface area (Å²) in [6, 6.07) is 91.4. The molecule has 2 aliphatic heterocycles. The number of nitrogens with two attached hydrogens (primary N) is 1. The van der Waals surface area contributed by atoms with E-state index in [1.54, 1.807) is 146 Å². The van der Waals surface area contributed by atoms with Crippen LogP contribution in [0.4, 0.5) is 22.7 Å². The molecule has 12 aromatic rings. The fourth-order valence-electron chi connectivity index (χ4n) is 17.4. The molecule has 13 N–H and O–H groups in total. The number of carboxylic acid groups (broad SMARTS) is 1. The maximum Gasteiger partial charge on any atom is 0.332 e. The Kier molecular flexibility index (Phi) is 40.2. The number of likely N-dealkylation sites (tertiary alicyclic amines) is 2. The molecule has 0 radical (unpaired) electrons. The molecule has 142 heavy (non-hydrogen) atoms. The highest BCUT2D eigenvalue weighted by Crippen LogP contribution is 2.40. The minimum absolute atomic E-state index is 0.0533. The van der Waals surface area contributed by atoms with Crippen LogP contribution >= 0.6 is 0 Å². The monoisotopic (exact) mass is 1920 g/mol. The molecular formula is C113H121N9O20. The van der Waals surface area contributed by atoms with Gasteiger partial charge in [0.2, 0.25) is 41.4 Å². The van der Waals surface area contributed by atoms with Crippen molar-refractivity contribution in [3.8, 4) is 23.0 Å². The lowest BCUT2D eigenvalue weighted by atomic mass is 9.87. The van der Waals surface area contributed by atoms with E-state index in [2.05, 4.69) is 31.9 Å². The van der Waals surface area contributed by atoms with Crippen molar-refractivity contribution in [2.24, 2.45) is 5.73 Å². The minimum Gasteiger partial charge on any atom is -0.508 e. The first-order valence-corrected chi connectivity index (χ1v) is 47.1. The van der Waals surface area contributed by atoms with Gasteiger partial charge in [0.15, 0.2) is 0 Å². The van der Waals surface area contributed by atoms with Gasteiger partial charge in [-0.15, -0.1) is 0 Å². The molecule has 29 heteroatoms. The number of benzene rings is 12. The molecule has 0 saturated carbocycles. The third-order valence-corrected chi connectivity index (χ3v) is 24.0. The molecule has 2 heterocycles. The number of ether oxygens (including phenoxy) is 4. The fraction of sp³-hybridized carbons (Fsp3) is 0.265. The molecule has 7 amide bonds. The van der Waals surface area contributed by atoms with E-state index in [4.69, 9.17) is 29.8 Å². The second kappa shape index (κ2) is 53.7. The molecular weight excluding hydrogens is 1800 g/mol. The van der Waals surface area contributed by atoms with Gasteiger partial charge in [0.05, 0.1) is 44.9 Å². The van der Waals surface area contributed by atoms with Crippen molar-refractivity contribution in [3.05, 3.63) is 382 Å². The summed E-state index contributed by atoms with van der Waals surface area (Å²) in [5.41, 5.74) is 19.0. The van der Waals surface area contributed by atoms with Gasteiger partial charge >= 0.3 is 23.9 Å². The lowest BCUT2D eigenvalue weighted by Crippen LogP contribution is -2.44. The van der Waals surface area contributed by atoms with E-state index in [0.717, 1.165) is 66.8 Å². The fourth-order valence-corrected chi connectivity index (χ4v) is 17.4. The highest BCUT2D eigenvalue weighted by Gasteiger charge is 2.43. The number of carboxylic acids is 1. The first-order chi connectivity index (χ1) is 68.5. The number of aliphatic carboxylic acids is 1. The number of anilines is 4. The number of hydrogen-bond donors (Lipinski definition) is 12. The summed E-state index contributed by atoms with van der Waals surface area (Å²) >= 11 is 0. The normalized spacial score (nSPS) is 15.2. The van der Waals surface area contributed by atoms with Crippen molar-refractivity contribution < 1.29 is 97.2 Å². The Labute approximate surface area is 825 Å². The van der Waals surface area contributed by atoms with Gasteiger partial charge < -0.3 is 86.6 Å². The third-order valence-electron chi connectivity index (χ3n) is 24.0. The van der Waals surface area contributed by atoms with E-state index in [-0.39, 0.29) is 145 Å². The molecule has 2 fully saturated rings. The zero-order chi connectivity index (χ0) is 102. The Morgan fingerprint density at radius 2 is 0.768 bits per heavy atom. The maximum absolute atomic E-state index is 13.6. The SMILES string of the molecule is CCOC(=O)CC(c1ccccc1)c1cccc(NC(=O)[C@H](Cc2ccc(O)cc2)NC(C)=O)c1.CCOC(=O)CCC(c1ccccc1)c1cccc(NC(=O)[C@@H]2C(c3ccc(O)cc3)CCN2C(C)=O)c1.CCOC(=O)COC(c1ccccc1)c1cccc(NC(=O)[C@@H]2C(c3ccc(O)cc3)CCN2C(C)=O)c1.N[C@@H](Cc1ccc(O)cc1)C(=O)Nc1cccc(C(NCC(=O)O)c2ccccc2)c1. The van der Waals surface area contributed by atoms with Gasteiger partial charge in [-0.25, -0.2) is 4.79 Å². The van der Waals surface area contributed by atoms with E-state index in [1.165, 1.54) is 32.9 Å². The van der Waals surface area contributed by atoms with Crippen LogP contribution in [0.25, 0.3) is 0 Å². The van der Waals surface area contributed by atoms with Gasteiger partial charge in [-0.05, 0) is 210 Å². The topological polar surface area (TPSA) is 431 Å². The van der Waals surface area contributed by atoms with Gasteiger partial charge in [-0.1, -0.05) is 218 Å². The van der Waals surface area contributed by atoms with Crippen LogP contribution in [0.2, 0.25) is 0 Å². The lowest BCUT2D eigenvalue weighted by molar-refractivity contribution is -0.150. The summed E-state index contributed by atoms with van der Waals surface area (Å²) in [6.45, 7) is 11.1. The smallest absolute Gasteiger partial charge is 0.332 e. The quantitative estimate of drug-likeness (QED) is 0.0127. The molecule has 6 unspecified atom stereocenters. The Morgan fingerprint density at radius 3 is 1.22 bits per heavy atom. The van der Waals surface area contributed by atoms with Gasteiger partial charge in [0.25, 0.3) is 0 Å². The molecule has 0 aliphatic carbocycles. The van der Waals surface area contributed by atoms with E-state index >= 15 is 0 Å². The second-order valence-corrected chi connectivity index (χ2v) is 34.2. The molecule has 12 aromatic carbocycles. The molecule has 0 spiro atoms. The zero-order valence-corrected chi connectivity index (χ0v) is 80.0. The van der Waals surface area contributed by atoms with Crippen LogP contribution < -0.4 is 37.6 Å². The van der Waals surface area contributed by atoms with Gasteiger partial charge in [0, 0.05) is 93.1 Å². The minimum atomic E-state index is -0.953. The molecule has 10 atom stereocenters. The van der Waals surface area contributed by atoms with Crippen molar-refractivity contribution in [3.63, 3.8) is 0 Å². The van der Waals surface area contributed by atoms with Gasteiger partial charge in [-0.3, -0.25) is 53.3 Å². The van der Waals surface area contributed by atoms with Crippen LogP contribution in [0.5, 0.6) is 23.0 Å². The molecule has 2 saturated heterocycles. The van der Waals surface area contributed by atoms with Gasteiger partial charge in [0.1, 0.15) is 53.8 Å². The van der Waals surface area contributed by atoms with E-state index in [0.29, 0.717) is 74.7 Å². The number of aromatic hydroxyl groups is 4. The van der Waals surface area contributed by atoms with Crippen LogP contribution in [0.1, 0.15) is 176 Å². The Morgan fingerprint density at radius 1 is 0.394 bits per heavy atom. The second-order valence-electron chi connectivity index (χ2n) is 34.2. The lowest BCUT2D eigenvalue weighted by Gasteiger charge is -2.27. The summed E-state index contributed by atoms with van der Waals surface area (Å²) < 4.78 is 21.3. The Bertz CT molecular complexity index is 5990. The van der Waals surface area contributed by atoms with E-state index in [9.17, 15) is 73.2 Å². The average molecular weight is 1930 g/mol. The number of phenolic OH excluding ortho intramolecular Hbond substituents is 4. The first-order valence-electron chi connectivity index (χ1n) is 47.1. The standard InChI is InChI=1S/C31H34N2O5.C30H32N2O6.C28H30N2O5.C24H25N3O4/c1-3-38-29(36)17-16-27(22-8-5-4-6-9-22)24-10-7-11-25(20-24)32-31(37)30-28(18-19-33(30)21(2)34)23-12-14-26(35)15-13-23;1-3-37-27(35)19-38-29(22-8-5-4-6-9-22)23-10-7-11-24(18-23)31-30(36)28-26(16-17-32(28)20(2)33)21-12-14-25(34)15-13-21;1-3-35-27(33)18-25(21-8-5-4-6-9-21)22-10-7-11-23(17-22)30-28(34)26(29-19(2)31)16-20-12-14-24(32)15-13-20;25-21(13-16-9-11-20(28)12-10-16)24(31)27-19-8-4-7-18(14-19)23(26-15-22(29)30)17-5-2-1-3-6-17/h4-15,20,27-28,30,35H,3,16-19H2,1-2H3,(H,32,37);4-15,18,26,28-29,34H,3,16-17,19H2,1-2H3,(H,31,36);4-15,17,25-26,32H,3,16,18H2,1-2H3,(H,29,31)(H,30,34);1-12,14,21,23,26,28H,13,15,25H2,(H,27,31)(H,29,30)/t27?,28?,30-;26?,28-,29?;25?,26-;21-,23?/m0000/s1. The highest BCUT2D eigenvalue weighted by atomic mass is 16.6. The molecule has 738 valence electrons. The van der Waals surface area contributed by atoms with Gasteiger partial charge in [-0.2, -0.15) is 0 Å². The summed E-state index contributed by atoms with van der Waals surface area (Å²) in [6.07, 6.45) is 2.37. The number of carbonyl (C=O) groups excluding carboxylic acids is 10. The Balaban J connectivity index is 0.000000181. The zero-order valence-electron chi connectivity index (χ0n) is 80.0. The molecule has 0 aromatic heterocycles. The maximum atomic E-state index is 13.6. The summed E-state index contributed by atoms with van der Waals surface area (Å²) in [5.74, 6) is -3.92. The number of hydrogen-bond acceptors (Lipinski definition) is 21. The number of nitrogens with one attached hydrogen (secondary N) is 6. The van der Waals surface area contributed by atoms with E-state index < -0.39 is 42.2 Å². The number of amides is 7. The van der Waals surface area contributed by atoms with Crippen molar-refractivity contribution in [2.75, 3.05) is 67.3 Å². The van der Waals surface area contributed by atoms with Crippen molar-refractivity contribution in [2.45, 2.75) is 146 Å². The van der Waals surface area contributed by atoms with Crippen LogP contribution in [0.3, 0.4) is 0 Å². The van der Waals surface area contributed by atoms with Crippen LogP contribution in [-0.4, -0.2) is 171 Å². The Hall–Kier alpha value is -16.1. The number of nitrogens with zero attached hydrogens (tertiary/aromatic N) is 2. The number of esters is 3. The molecule has 0 bridgehead atoms. The summed E-state index contributed by atoms with van der Waals surface area (Å²) in [5, 5.41) is 64.8. The average Bonchev–Trinajstić information content (AvgIpc) is 1.65. The molecule has 2 aliphatic rings.